The smallest absolute Gasteiger partial charge is 0.347 e. The van der Waals surface area contributed by atoms with Crippen LogP contribution in [0.1, 0.15) is 20.1 Å². The molecule has 82 valence electrons. The van der Waals surface area contributed by atoms with E-state index in [-0.39, 0.29) is 4.88 Å². The van der Waals surface area contributed by atoms with Gasteiger partial charge in [0.15, 0.2) is 0 Å². The molecule has 1 aliphatic rings. The van der Waals surface area contributed by atoms with Gasteiger partial charge in [0.05, 0.1) is 0 Å². The van der Waals surface area contributed by atoms with Crippen molar-refractivity contribution in [3.05, 3.63) is 15.3 Å². The van der Waals surface area contributed by atoms with Gasteiger partial charge in [-0.15, -0.1) is 11.3 Å². The second-order valence-electron chi connectivity index (χ2n) is 2.94. The van der Waals surface area contributed by atoms with E-state index in [0.29, 0.717) is 17.1 Å². The van der Waals surface area contributed by atoms with E-state index in [1.165, 1.54) is 11.8 Å². The number of aromatic carboxylic acids is 1. The van der Waals surface area contributed by atoms with Gasteiger partial charge in [-0.1, -0.05) is 0 Å². The fourth-order valence-corrected chi connectivity index (χ4v) is 5.25. The summed E-state index contributed by atoms with van der Waals surface area (Å²) in [6, 6.07) is 0. The summed E-state index contributed by atoms with van der Waals surface area (Å²) < 4.78 is 31.1. The molecule has 0 amide bonds. The monoisotopic (exact) mass is 266 g/mol. The van der Waals surface area contributed by atoms with Gasteiger partial charge in [0, 0.05) is 16.4 Å². The topological polar surface area (TPSA) is 91.7 Å². The number of fused-ring (bicyclic) bond motifs is 1. The number of carbonyl (C=O) groups is 1. The molecule has 2 N–H and O–H groups in total. The quantitative estimate of drug-likeness (QED) is 0.787. The van der Waals surface area contributed by atoms with Gasteiger partial charge in [0.2, 0.25) is 0 Å². The molecule has 2 heterocycles. The van der Waals surface area contributed by atoms with Crippen LogP contribution < -0.4 is 0 Å². The van der Waals surface area contributed by atoms with Crippen LogP contribution in [0.3, 0.4) is 0 Å². The highest BCUT2D eigenvalue weighted by molar-refractivity contribution is 7.98. The number of rotatable bonds is 2. The fourth-order valence-electron chi connectivity index (χ4n) is 1.42. The molecule has 0 saturated heterocycles. The highest BCUT2D eigenvalue weighted by Gasteiger charge is 2.32. The zero-order chi connectivity index (χ0) is 11.2. The minimum atomic E-state index is -4.44. The first-order valence-corrected chi connectivity index (χ1v) is 7.25. The van der Waals surface area contributed by atoms with E-state index in [9.17, 15) is 13.2 Å². The average molecular weight is 266 g/mol. The van der Waals surface area contributed by atoms with Crippen molar-refractivity contribution >= 4 is 39.2 Å². The average Bonchev–Trinajstić information content (AvgIpc) is 2.56. The maximum atomic E-state index is 11.1. The Bertz CT molecular complexity index is 527. The number of hydrogen-bond donors (Lipinski definition) is 2. The molecular formula is C7H6O5S3. The van der Waals surface area contributed by atoms with Crippen LogP contribution in [0.5, 0.6) is 0 Å². The van der Waals surface area contributed by atoms with E-state index in [2.05, 4.69) is 0 Å². The lowest BCUT2D eigenvalue weighted by Crippen LogP contribution is -2.06. The molecule has 0 aromatic carbocycles. The summed E-state index contributed by atoms with van der Waals surface area (Å²) in [6.45, 7) is 0. The number of carboxylic acids is 1. The van der Waals surface area contributed by atoms with Crippen LogP contribution in [0, 0.1) is 0 Å². The predicted octanol–water partition coefficient (Wildman–Crippen LogP) is 1.44. The molecule has 0 bridgehead atoms. The van der Waals surface area contributed by atoms with E-state index in [1.54, 1.807) is 0 Å². The molecule has 0 unspecified atom stereocenters. The first kappa shape index (κ1) is 10.9. The van der Waals surface area contributed by atoms with Crippen LogP contribution >= 0.6 is 23.1 Å². The molecule has 15 heavy (non-hydrogen) atoms. The van der Waals surface area contributed by atoms with E-state index >= 15 is 0 Å². The largest absolute Gasteiger partial charge is 0.477 e. The van der Waals surface area contributed by atoms with Gasteiger partial charge in [0.25, 0.3) is 10.1 Å². The van der Waals surface area contributed by atoms with Crippen molar-refractivity contribution in [2.75, 3.05) is 0 Å². The standard InChI is InChI=1S/C7H6O5S3/c8-7(9)5-6(15(10,11)12)3-1-13-2-4(3)14-5/h1-2H2,(H,8,9)(H,10,11,12). The molecule has 1 aromatic heterocycles. The molecule has 5 nitrogen and oxygen atoms in total. The van der Waals surface area contributed by atoms with Crippen molar-refractivity contribution in [2.24, 2.45) is 0 Å². The van der Waals surface area contributed by atoms with Crippen molar-refractivity contribution < 1.29 is 22.9 Å². The Morgan fingerprint density at radius 3 is 2.53 bits per heavy atom. The van der Waals surface area contributed by atoms with Gasteiger partial charge in [0.1, 0.15) is 9.77 Å². The molecule has 1 aromatic rings. The maximum absolute atomic E-state index is 11.1. The van der Waals surface area contributed by atoms with E-state index in [1.807, 2.05) is 0 Å². The molecule has 0 radical (unpaired) electrons. The second-order valence-corrected chi connectivity index (χ2v) is 6.38. The number of thiophene rings is 1. The molecule has 8 heteroatoms. The Morgan fingerprint density at radius 1 is 1.33 bits per heavy atom. The van der Waals surface area contributed by atoms with Gasteiger partial charge < -0.3 is 5.11 Å². The molecule has 0 aliphatic carbocycles. The van der Waals surface area contributed by atoms with E-state index in [0.717, 1.165) is 16.2 Å². The van der Waals surface area contributed by atoms with Gasteiger partial charge >= 0.3 is 5.97 Å². The van der Waals surface area contributed by atoms with E-state index < -0.39 is 21.0 Å². The van der Waals surface area contributed by atoms with Crippen molar-refractivity contribution in [2.45, 2.75) is 16.4 Å². The van der Waals surface area contributed by atoms with Gasteiger partial charge in [-0.2, -0.15) is 20.2 Å². The van der Waals surface area contributed by atoms with Crippen molar-refractivity contribution in [1.29, 1.82) is 0 Å². The molecule has 0 atom stereocenters. The van der Waals surface area contributed by atoms with Crippen LogP contribution in [0.4, 0.5) is 0 Å². The van der Waals surface area contributed by atoms with Gasteiger partial charge in [-0.25, -0.2) is 4.79 Å². The minimum Gasteiger partial charge on any atom is -0.477 e. The van der Waals surface area contributed by atoms with Crippen LogP contribution in [-0.4, -0.2) is 24.0 Å². The van der Waals surface area contributed by atoms with Gasteiger partial charge in [-0.3, -0.25) is 4.55 Å². The maximum Gasteiger partial charge on any atom is 0.347 e. The summed E-state index contributed by atoms with van der Waals surface area (Å²) in [5.41, 5.74) is 0.449. The Kier molecular flexibility index (Phi) is 2.53. The predicted molar refractivity (Wildman–Crippen MR) is 56.1 cm³/mol. The molecule has 0 fully saturated rings. The Morgan fingerprint density at radius 2 is 2.00 bits per heavy atom. The Hall–Kier alpha value is -0.570. The molecular weight excluding hydrogens is 260 g/mol. The SMILES string of the molecule is O=C(O)c1sc2c(c1S(=O)(=O)O)CSC2. The van der Waals surface area contributed by atoms with Crippen LogP contribution in [-0.2, 0) is 21.6 Å². The lowest BCUT2D eigenvalue weighted by Gasteiger charge is -1.98. The van der Waals surface area contributed by atoms with E-state index in [4.69, 9.17) is 9.66 Å². The van der Waals surface area contributed by atoms with Crippen molar-refractivity contribution in [3.63, 3.8) is 0 Å². The molecule has 2 rings (SSSR count). The summed E-state index contributed by atoms with van der Waals surface area (Å²) in [5, 5.41) is 8.81. The van der Waals surface area contributed by atoms with Crippen LogP contribution in [0.2, 0.25) is 0 Å². The Balaban J connectivity index is 2.74. The zero-order valence-corrected chi connectivity index (χ0v) is 9.71. The minimum absolute atomic E-state index is 0.289. The third-order valence-electron chi connectivity index (χ3n) is 1.97. The van der Waals surface area contributed by atoms with Gasteiger partial charge in [-0.05, 0) is 5.56 Å². The molecule has 0 spiro atoms. The molecule has 0 saturated carbocycles. The highest BCUT2D eigenvalue weighted by Crippen LogP contribution is 2.42. The van der Waals surface area contributed by atoms with Crippen LogP contribution in [0.15, 0.2) is 4.90 Å². The number of carboxylic acid groups (broad SMARTS) is 1. The first-order chi connectivity index (χ1) is 6.91. The first-order valence-electron chi connectivity index (χ1n) is 3.84. The zero-order valence-electron chi connectivity index (χ0n) is 7.26. The summed E-state index contributed by atoms with van der Waals surface area (Å²) >= 11 is 2.43. The third-order valence-corrected chi connectivity index (χ3v) is 5.46. The third kappa shape index (κ3) is 1.78. The highest BCUT2D eigenvalue weighted by atomic mass is 32.2. The number of hydrogen-bond acceptors (Lipinski definition) is 5. The summed E-state index contributed by atoms with van der Waals surface area (Å²) in [5.74, 6) is -0.267. The van der Waals surface area contributed by atoms with Crippen LogP contribution in [0.25, 0.3) is 0 Å². The Labute approximate surface area is 93.9 Å². The van der Waals surface area contributed by atoms with Crippen molar-refractivity contribution in [1.82, 2.24) is 0 Å². The summed E-state index contributed by atoms with van der Waals surface area (Å²) in [6.07, 6.45) is 0. The second kappa shape index (κ2) is 3.48. The fraction of sp³-hybridized carbons (Fsp3) is 0.286. The lowest BCUT2D eigenvalue weighted by molar-refractivity contribution is 0.0698. The van der Waals surface area contributed by atoms with Crippen molar-refractivity contribution in [3.8, 4) is 0 Å². The molecule has 1 aliphatic heterocycles. The number of thioether (sulfide) groups is 1. The lowest BCUT2D eigenvalue weighted by atomic mass is 10.3. The summed E-state index contributed by atoms with van der Waals surface area (Å²) in [7, 11) is -4.44. The normalized spacial score (nSPS) is 15.3. The summed E-state index contributed by atoms with van der Waals surface area (Å²) in [4.78, 5) is 10.8.